The molecule has 0 spiro atoms. The van der Waals surface area contributed by atoms with Gasteiger partial charge in [0.1, 0.15) is 0 Å². The van der Waals surface area contributed by atoms with Crippen molar-refractivity contribution in [3.63, 3.8) is 0 Å². The van der Waals surface area contributed by atoms with Crippen LogP contribution in [0.15, 0.2) is 18.3 Å². The van der Waals surface area contributed by atoms with Crippen LogP contribution in [-0.2, 0) is 0 Å². The highest BCUT2D eigenvalue weighted by Crippen LogP contribution is 2.15. The van der Waals surface area contributed by atoms with E-state index in [1.54, 1.807) is 6.20 Å². The Balaban J connectivity index is 1.63. The zero-order valence-corrected chi connectivity index (χ0v) is 11.0. The second-order valence-electron chi connectivity index (χ2n) is 4.74. The van der Waals surface area contributed by atoms with Gasteiger partial charge in [0.05, 0.1) is 12.3 Å². The number of nitrogens with two attached hydrogens (primary N) is 1. The van der Waals surface area contributed by atoms with Crippen LogP contribution in [0.3, 0.4) is 0 Å². The van der Waals surface area contributed by atoms with E-state index in [4.69, 9.17) is 10.5 Å². The summed E-state index contributed by atoms with van der Waals surface area (Å²) in [6.45, 7) is 6.39. The Morgan fingerprint density at radius 1 is 1.33 bits per heavy atom. The topological polar surface area (TPSA) is 54.6 Å². The lowest BCUT2D eigenvalue weighted by Crippen LogP contribution is -2.44. The zero-order chi connectivity index (χ0) is 12.8. The first-order chi connectivity index (χ1) is 8.75. The van der Waals surface area contributed by atoms with Gasteiger partial charge >= 0.3 is 0 Å². The first-order valence-corrected chi connectivity index (χ1v) is 6.50. The highest BCUT2D eigenvalue weighted by atomic mass is 16.5. The molecule has 1 fully saturated rings. The summed E-state index contributed by atoms with van der Waals surface area (Å²) in [5.41, 5.74) is 6.37. The molecule has 1 aromatic rings. The van der Waals surface area contributed by atoms with E-state index in [1.165, 1.54) is 0 Å². The van der Waals surface area contributed by atoms with Crippen molar-refractivity contribution in [1.29, 1.82) is 0 Å². The molecular weight excluding hydrogens is 228 g/mol. The molecule has 0 saturated carbocycles. The Morgan fingerprint density at radius 3 is 2.83 bits per heavy atom. The number of rotatable bonds is 5. The average molecular weight is 250 g/mol. The SMILES string of the molecule is CN1CCN(CCCOc2ncccc2N)CC1. The molecule has 0 unspecified atom stereocenters. The second-order valence-corrected chi connectivity index (χ2v) is 4.74. The van der Waals surface area contributed by atoms with Gasteiger partial charge in [0, 0.05) is 38.9 Å². The summed E-state index contributed by atoms with van der Waals surface area (Å²) in [4.78, 5) is 8.95. The third-order valence-electron chi connectivity index (χ3n) is 3.25. The summed E-state index contributed by atoms with van der Waals surface area (Å²) < 4.78 is 5.58. The fraction of sp³-hybridized carbons (Fsp3) is 0.615. The molecule has 100 valence electrons. The largest absolute Gasteiger partial charge is 0.476 e. The summed E-state index contributed by atoms with van der Waals surface area (Å²) >= 11 is 0. The van der Waals surface area contributed by atoms with Crippen molar-refractivity contribution in [2.75, 3.05) is 52.1 Å². The molecule has 0 bridgehead atoms. The minimum absolute atomic E-state index is 0.552. The van der Waals surface area contributed by atoms with Crippen molar-refractivity contribution < 1.29 is 4.74 Å². The molecule has 1 aliphatic rings. The van der Waals surface area contributed by atoms with E-state index in [0.717, 1.165) is 39.1 Å². The molecule has 0 atom stereocenters. The molecule has 2 rings (SSSR count). The highest BCUT2D eigenvalue weighted by Gasteiger charge is 2.12. The molecule has 2 heterocycles. The third kappa shape index (κ3) is 3.85. The van der Waals surface area contributed by atoms with Gasteiger partial charge in [0.2, 0.25) is 5.88 Å². The van der Waals surface area contributed by atoms with Crippen LogP contribution in [0.2, 0.25) is 0 Å². The van der Waals surface area contributed by atoms with E-state index in [0.29, 0.717) is 18.2 Å². The molecule has 0 radical (unpaired) electrons. The lowest BCUT2D eigenvalue weighted by Gasteiger charge is -2.32. The van der Waals surface area contributed by atoms with Crippen molar-refractivity contribution in [2.24, 2.45) is 0 Å². The maximum Gasteiger partial charge on any atom is 0.237 e. The van der Waals surface area contributed by atoms with Crippen molar-refractivity contribution in [3.8, 4) is 5.88 Å². The van der Waals surface area contributed by atoms with E-state index < -0.39 is 0 Å². The van der Waals surface area contributed by atoms with Crippen molar-refractivity contribution in [2.45, 2.75) is 6.42 Å². The number of likely N-dealkylation sites (N-methyl/N-ethyl adjacent to an activating group) is 1. The van der Waals surface area contributed by atoms with E-state index in [1.807, 2.05) is 12.1 Å². The number of nitrogen functional groups attached to an aromatic ring is 1. The van der Waals surface area contributed by atoms with Crippen LogP contribution in [0.1, 0.15) is 6.42 Å². The summed E-state index contributed by atoms with van der Waals surface area (Å²) in [6, 6.07) is 3.62. The molecular formula is C13H22N4O. The number of aromatic nitrogens is 1. The van der Waals surface area contributed by atoms with Gasteiger partial charge in [0.15, 0.2) is 0 Å². The van der Waals surface area contributed by atoms with Crippen molar-refractivity contribution in [1.82, 2.24) is 14.8 Å². The lowest BCUT2D eigenvalue weighted by molar-refractivity contribution is 0.145. The van der Waals surface area contributed by atoms with Gasteiger partial charge in [-0.25, -0.2) is 4.98 Å². The standard InChI is InChI=1S/C13H22N4O/c1-16-7-9-17(10-8-16)6-3-11-18-13-12(14)4-2-5-15-13/h2,4-5H,3,6-11,14H2,1H3. The van der Waals surface area contributed by atoms with Crippen LogP contribution in [0.5, 0.6) is 5.88 Å². The molecule has 5 heteroatoms. The Morgan fingerprint density at radius 2 is 2.11 bits per heavy atom. The first kappa shape index (κ1) is 13.1. The number of nitrogens with zero attached hydrogens (tertiary/aromatic N) is 3. The average Bonchev–Trinajstić information content (AvgIpc) is 2.39. The summed E-state index contributed by atoms with van der Waals surface area (Å²) in [5, 5.41) is 0. The van der Waals surface area contributed by atoms with Crippen LogP contribution >= 0.6 is 0 Å². The minimum atomic E-state index is 0.552. The maximum absolute atomic E-state index is 5.76. The van der Waals surface area contributed by atoms with Gasteiger partial charge in [-0.05, 0) is 25.6 Å². The molecule has 5 nitrogen and oxygen atoms in total. The first-order valence-electron chi connectivity index (χ1n) is 6.50. The van der Waals surface area contributed by atoms with E-state index >= 15 is 0 Å². The van der Waals surface area contributed by atoms with E-state index in [-0.39, 0.29) is 0 Å². The van der Waals surface area contributed by atoms with E-state index in [9.17, 15) is 0 Å². The number of anilines is 1. The highest BCUT2D eigenvalue weighted by molar-refractivity contribution is 5.46. The number of ether oxygens (including phenoxy) is 1. The normalized spacial score (nSPS) is 17.8. The Hall–Kier alpha value is -1.33. The van der Waals surface area contributed by atoms with Crippen LogP contribution < -0.4 is 10.5 Å². The summed E-state index contributed by atoms with van der Waals surface area (Å²) in [7, 11) is 2.17. The third-order valence-corrected chi connectivity index (χ3v) is 3.25. The predicted molar refractivity (Wildman–Crippen MR) is 72.7 cm³/mol. The Kier molecular flexibility index (Phi) is 4.78. The minimum Gasteiger partial charge on any atom is -0.476 e. The van der Waals surface area contributed by atoms with Crippen LogP contribution in [-0.4, -0.2) is 61.2 Å². The summed E-state index contributed by atoms with van der Waals surface area (Å²) in [6.07, 6.45) is 2.71. The predicted octanol–water partition coefficient (Wildman–Crippen LogP) is 0.680. The van der Waals surface area contributed by atoms with Crippen LogP contribution in [0, 0.1) is 0 Å². The fourth-order valence-electron chi connectivity index (χ4n) is 2.05. The van der Waals surface area contributed by atoms with Gasteiger partial charge in [-0.2, -0.15) is 0 Å². The molecule has 2 N–H and O–H groups in total. The zero-order valence-electron chi connectivity index (χ0n) is 11.0. The number of piperazine rings is 1. The molecule has 1 aromatic heterocycles. The molecule has 18 heavy (non-hydrogen) atoms. The number of hydrogen-bond acceptors (Lipinski definition) is 5. The van der Waals surface area contributed by atoms with Crippen LogP contribution in [0.4, 0.5) is 5.69 Å². The quantitative estimate of drug-likeness (QED) is 0.779. The van der Waals surface area contributed by atoms with E-state index in [2.05, 4.69) is 21.8 Å². The molecule has 0 amide bonds. The van der Waals surface area contributed by atoms with Gasteiger partial charge in [-0.3, -0.25) is 0 Å². The fourth-order valence-corrected chi connectivity index (χ4v) is 2.05. The molecule has 0 aliphatic carbocycles. The van der Waals surface area contributed by atoms with Crippen molar-refractivity contribution >= 4 is 5.69 Å². The smallest absolute Gasteiger partial charge is 0.237 e. The maximum atomic E-state index is 5.76. The monoisotopic (exact) mass is 250 g/mol. The Labute approximate surface area is 109 Å². The lowest BCUT2D eigenvalue weighted by atomic mass is 10.3. The van der Waals surface area contributed by atoms with Gasteiger partial charge < -0.3 is 20.3 Å². The Bertz CT molecular complexity index is 364. The molecule has 0 aromatic carbocycles. The summed E-state index contributed by atoms with van der Waals surface area (Å²) in [5.74, 6) is 0.552. The van der Waals surface area contributed by atoms with Gasteiger partial charge in [-0.15, -0.1) is 0 Å². The van der Waals surface area contributed by atoms with Gasteiger partial charge in [-0.1, -0.05) is 0 Å². The van der Waals surface area contributed by atoms with Gasteiger partial charge in [0.25, 0.3) is 0 Å². The molecule has 1 aliphatic heterocycles. The second kappa shape index (κ2) is 6.56. The van der Waals surface area contributed by atoms with Crippen molar-refractivity contribution in [3.05, 3.63) is 18.3 Å². The number of pyridine rings is 1. The number of hydrogen-bond donors (Lipinski definition) is 1. The molecule has 1 saturated heterocycles. The van der Waals surface area contributed by atoms with Crippen LogP contribution in [0.25, 0.3) is 0 Å².